The Morgan fingerprint density at radius 1 is 1.33 bits per heavy atom. The highest BCUT2D eigenvalue weighted by Crippen LogP contribution is 2.17. The number of carbonyl (C=O) groups is 1. The second kappa shape index (κ2) is 6.87. The van der Waals surface area contributed by atoms with Gasteiger partial charge in [0.2, 0.25) is 0 Å². The van der Waals surface area contributed by atoms with Crippen molar-refractivity contribution < 1.29 is 18.3 Å². The predicted octanol–water partition coefficient (Wildman–Crippen LogP) is 1.27. The zero-order chi connectivity index (χ0) is 15.3. The number of hydrogen-bond acceptors (Lipinski definition) is 4. The van der Waals surface area contributed by atoms with Crippen molar-refractivity contribution in [1.82, 2.24) is 4.90 Å². The molecule has 0 bridgehead atoms. The average Bonchev–Trinajstić information content (AvgIpc) is 2.79. The Morgan fingerprint density at radius 2 is 2.05 bits per heavy atom. The van der Waals surface area contributed by atoms with Gasteiger partial charge < -0.3 is 5.11 Å². The third-order valence-corrected chi connectivity index (χ3v) is 5.26. The van der Waals surface area contributed by atoms with E-state index in [0.29, 0.717) is 13.0 Å². The fourth-order valence-corrected chi connectivity index (χ4v) is 4.23. The third kappa shape index (κ3) is 4.99. The van der Waals surface area contributed by atoms with Crippen molar-refractivity contribution in [1.29, 1.82) is 0 Å². The van der Waals surface area contributed by atoms with Gasteiger partial charge in [-0.3, -0.25) is 9.69 Å². The molecule has 1 aliphatic heterocycles. The highest BCUT2D eigenvalue weighted by atomic mass is 32.2. The third-order valence-electron chi connectivity index (χ3n) is 3.51. The van der Waals surface area contributed by atoms with E-state index in [0.717, 1.165) is 5.56 Å². The minimum atomic E-state index is -3.01. The van der Waals surface area contributed by atoms with Crippen LogP contribution >= 0.6 is 0 Å². The molecule has 1 saturated heterocycles. The van der Waals surface area contributed by atoms with Gasteiger partial charge in [-0.15, -0.1) is 0 Å². The van der Waals surface area contributed by atoms with E-state index in [2.05, 4.69) is 0 Å². The summed E-state index contributed by atoms with van der Waals surface area (Å²) in [6.45, 7) is 0.292. The first kappa shape index (κ1) is 15.7. The molecule has 6 heteroatoms. The number of carboxylic acids is 1. The molecule has 0 saturated carbocycles. The number of rotatable bonds is 6. The fraction of sp³-hybridized carbons (Fsp3) is 0.400. The Bertz CT molecular complexity index is 610. The Kier molecular flexibility index (Phi) is 5.14. The molecule has 0 spiro atoms. The number of nitrogens with zero attached hydrogens (tertiary/aromatic N) is 1. The summed E-state index contributed by atoms with van der Waals surface area (Å²) in [5, 5.41) is 8.98. The summed E-state index contributed by atoms with van der Waals surface area (Å²) in [6.07, 6.45) is 4.30. The van der Waals surface area contributed by atoms with E-state index >= 15 is 0 Å². The maximum absolute atomic E-state index is 11.5. The summed E-state index contributed by atoms with van der Waals surface area (Å²) in [5.41, 5.74) is 1.03. The molecule has 0 aromatic heterocycles. The molecule has 5 nitrogen and oxygen atoms in total. The Balaban J connectivity index is 2.00. The maximum Gasteiger partial charge on any atom is 0.317 e. The predicted molar refractivity (Wildman–Crippen MR) is 81.7 cm³/mol. The van der Waals surface area contributed by atoms with Crippen LogP contribution in [0, 0.1) is 0 Å². The van der Waals surface area contributed by atoms with Crippen molar-refractivity contribution in [3.05, 3.63) is 42.0 Å². The summed E-state index contributed by atoms with van der Waals surface area (Å²) in [6, 6.07) is 9.50. The molecule has 1 aromatic carbocycles. The van der Waals surface area contributed by atoms with Crippen LogP contribution in [0.1, 0.15) is 12.0 Å². The number of sulfone groups is 1. The van der Waals surface area contributed by atoms with E-state index < -0.39 is 15.8 Å². The molecule has 2 rings (SSSR count). The number of benzene rings is 1. The molecule has 1 N–H and O–H groups in total. The lowest BCUT2D eigenvalue weighted by Crippen LogP contribution is -2.40. The standard InChI is InChI=1S/C15H19NO4S/c17-15(18)11-16(14-8-10-21(19,20)12-14)9-4-7-13-5-2-1-3-6-13/h1-7,14H,8-12H2,(H,17,18)/b7-4+. The van der Waals surface area contributed by atoms with Gasteiger partial charge in [-0.2, -0.15) is 0 Å². The first-order chi connectivity index (χ1) is 9.96. The van der Waals surface area contributed by atoms with Crippen molar-refractivity contribution in [3.63, 3.8) is 0 Å². The Morgan fingerprint density at radius 3 is 2.62 bits per heavy atom. The largest absolute Gasteiger partial charge is 0.480 e. The van der Waals surface area contributed by atoms with Crippen molar-refractivity contribution >= 4 is 21.9 Å². The highest BCUT2D eigenvalue weighted by molar-refractivity contribution is 7.91. The fourth-order valence-electron chi connectivity index (χ4n) is 2.47. The van der Waals surface area contributed by atoms with Crippen LogP contribution in [0.5, 0.6) is 0 Å². The highest BCUT2D eigenvalue weighted by Gasteiger charge is 2.32. The van der Waals surface area contributed by atoms with Crippen molar-refractivity contribution in [3.8, 4) is 0 Å². The molecule has 1 aliphatic rings. The smallest absolute Gasteiger partial charge is 0.317 e. The molecule has 1 aromatic rings. The number of carboxylic acid groups (broad SMARTS) is 1. The molecule has 0 aliphatic carbocycles. The van der Waals surface area contributed by atoms with Gasteiger partial charge in [-0.1, -0.05) is 42.5 Å². The Hall–Kier alpha value is -1.66. The van der Waals surface area contributed by atoms with Crippen molar-refractivity contribution in [2.75, 3.05) is 24.6 Å². The average molecular weight is 309 g/mol. The minimum absolute atomic E-state index is 0.0550. The van der Waals surface area contributed by atoms with Gasteiger partial charge in [-0.05, 0) is 12.0 Å². The molecule has 0 amide bonds. The normalized spacial score (nSPS) is 21.1. The van der Waals surface area contributed by atoms with Crippen LogP contribution < -0.4 is 0 Å². The molecule has 1 fully saturated rings. The van der Waals surface area contributed by atoms with Gasteiger partial charge in [-0.25, -0.2) is 8.42 Å². The lowest BCUT2D eigenvalue weighted by Gasteiger charge is -2.24. The lowest BCUT2D eigenvalue weighted by molar-refractivity contribution is -0.138. The molecule has 1 unspecified atom stereocenters. The lowest BCUT2D eigenvalue weighted by atomic mass is 10.2. The maximum atomic E-state index is 11.5. The van der Waals surface area contributed by atoms with E-state index in [4.69, 9.17) is 5.11 Å². The molecule has 114 valence electrons. The van der Waals surface area contributed by atoms with Gasteiger partial charge in [0.25, 0.3) is 0 Å². The van der Waals surface area contributed by atoms with Gasteiger partial charge in [0.05, 0.1) is 18.1 Å². The summed E-state index contributed by atoms with van der Waals surface area (Å²) < 4.78 is 23.1. The van der Waals surface area contributed by atoms with Gasteiger partial charge >= 0.3 is 5.97 Å². The monoisotopic (exact) mass is 309 g/mol. The first-order valence-corrected chi connectivity index (χ1v) is 8.66. The molecule has 1 heterocycles. The van der Waals surface area contributed by atoms with E-state index in [1.807, 2.05) is 42.5 Å². The van der Waals surface area contributed by atoms with E-state index in [-0.39, 0.29) is 24.1 Å². The van der Waals surface area contributed by atoms with Crippen LogP contribution in [0.2, 0.25) is 0 Å². The summed E-state index contributed by atoms with van der Waals surface area (Å²) in [7, 11) is -3.01. The van der Waals surface area contributed by atoms with Crippen LogP contribution in [0.25, 0.3) is 6.08 Å². The van der Waals surface area contributed by atoms with Crippen LogP contribution in [0.4, 0.5) is 0 Å². The van der Waals surface area contributed by atoms with Gasteiger partial charge in [0.15, 0.2) is 9.84 Å². The van der Waals surface area contributed by atoms with Crippen LogP contribution in [-0.4, -0.2) is 55.0 Å². The number of hydrogen-bond donors (Lipinski definition) is 1. The topological polar surface area (TPSA) is 74.7 Å². The van der Waals surface area contributed by atoms with Crippen LogP contribution in [0.3, 0.4) is 0 Å². The summed E-state index contributed by atoms with van der Waals surface area (Å²) >= 11 is 0. The number of aliphatic carboxylic acids is 1. The van der Waals surface area contributed by atoms with Crippen molar-refractivity contribution in [2.45, 2.75) is 12.5 Å². The van der Waals surface area contributed by atoms with Crippen molar-refractivity contribution in [2.24, 2.45) is 0 Å². The SMILES string of the molecule is O=C(O)CN(C/C=C/c1ccccc1)C1CCS(=O)(=O)C1. The zero-order valence-corrected chi connectivity index (χ0v) is 12.5. The van der Waals surface area contributed by atoms with Gasteiger partial charge in [0, 0.05) is 12.6 Å². The molecule has 1 atom stereocenters. The van der Waals surface area contributed by atoms with E-state index in [1.165, 1.54) is 0 Å². The second-order valence-electron chi connectivity index (χ2n) is 5.19. The minimum Gasteiger partial charge on any atom is -0.480 e. The Labute approximate surface area is 124 Å². The molecule has 21 heavy (non-hydrogen) atoms. The first-order valence-electron chi connectivity index (χ1n) is 6.84. The molecular formula is C15H19NO4S. The van der Waals surface area contributed by atoms with Crippen LogP contribution in [-0.2, 0) is 14.6 Å². The molecule has 0 radical (unpaired) electrons. The van der Waals surface area contributed by atoms with E-state index in [9.17, 15) is 13.2 Å². The van der Waals surface area contributed by atoms with Gasteiger partial charge in [0.1, 0.15) is 0 Å². The summed E-state index contributed by atoms with van der Waals surface area (Å²) in [5.74, 6) is -0.734. The van der Waals surface area contributed by atoms with Crippen LogP contribution in [0.15, 0.2) is 36.4 Å². The summed E-state index contributed by atoms with van der Waals surface area (Å²) in [4.78, 5) is 12.7. The quantitative estimate of drug-likeness (QED) is 0.856. The van der Waals surface area contributed by atoms with E-state index in [1.54, 1.807) is 4.90 Å². The second-order valence-corrected chi connectivity index (χ2v) is 7.42. The molecular weight excluding hydrogens is 290 g/mol. The zero-order valence-electron chi connectivity index (χ0n) is 11.7.